The van der Waals surface area contributed by atoms with Crippen molar-refractivity contribution in [2.45, 2.75) is 75.6 Å². The van der Waals surface area contributed by atoms with E-state index in [1.54, 1.807) is 30.3 Å². The number of anilines is 2. The number of phenols is 1. The number of fused-ring (bicyclic) bond motifs is 8. The molecule has 0 radical (unpaired) electrons. The zero-order chi connectivity index (χ0) is 48.9. The number of nitrogens with zero attached hydrogens (tertiary/aromatic N) is 4. The molecule has 4 aliphatic rings. The molecule has 0 unspecified atom stereocenters. The Kier molecular flexibility index (Phi) is 14.7. The minimum absolute atomic E-state index is 0.000694. The van der Waals surface area contributed by atoms with Gasteiger partial charge in [-0.3, -0.25) is 29.8 Å². The van der Waals surface area contributed by atoms with Crippen LogP contribution in [0.5, 0.6) is 23.0 Å². The third-order valence-electron chi connectivity index (χ3n) is 12.7. The second-order valence-corrected chi connectivity index (χ2v) is 17.5. The number of phenolic OH excluding ortho intramolecular Hbond substituents is 1. The first-order valence-electron chi connectivity index (χ1n) is 22.2. The van der Waals surface area contributed by atoms with Crippen LogP contribution in [0.25, 0.3) is 0 Å². The molecule has 0 fully saturated rings. The van der Waals surface area contributed by atoms with Crippen LogP contribution in [0.3, 0.4) is 0 Å². The Morgan fingerprint density at radius 3 is 1.57 bits per heavy atom. The molecule has 0 saturated heterocycles. The number of aliphatic hydroxyl groups is 1. The number of para-hydroxylation sites is 2. The maximum atomic E-state index is 13.6. The number of methoxy groups -OCH3 is 2. The number of aliphatic hydroxyl groups excluding tert-OH is 1. The fraction of sp³-hybridized carbons (Fsp3) is 0.269. The summed E-state index contributed by atoms with van der Waals surface area (Å²) in [5, 5.41) is 40.4. The van der Waals surface area contributed by atoms with Gasteiger partial charge in [-0.1, -0.05) is 48.5 Å². The molecule has 0 aliphatic carbocycles. The van der Waals surface area contributed by atoms with Crippen LogP contribution >= 0.6 is 23.2 Å². The number of alkyl halides is 2. The van der Waals surface area contributed by atoms with E-state index in [9.17, 15) is 34.9 Å². The van der Waals surface area contributed by atoms with Crippen LogP contribution in [0.1, 0.15) is 78.1 Å². The molecular weight excluding hydrogens is 927 g/mol. The van der Waals surface area contributed by atoms with Gasteiger partial charge in [-0.25, -0.2) is 0 Å². The SMILES string of the molecule is COc1cc2c(cc1O)CC[C@@H]1Cc3ccccc3N1C2=O.COc1cc2c(cc1OCc1cc(CCl)cc([N+](=O)[O-])c1)CC[C@@H]1Cc3ccccc3N1C2=O.O=[N+]([O-])c1cc(CO)cc(CCl)c1. The number of hydrogen-bond acceptors (Lipinski definition) is 11. The Morgan fingerprint density at radius 2 is 1.07 bits per heavy atom. The molecule has 2 amide bonds. The standard InChI is InChI=1S/C26H23ClN2O5.C18H17NO3.C8H8ClNO3/c1-33-24-13-22-18(6-7-20-11-19-4-2-3-5-23(19)28(20)26(22)30)12-25(24)34-15-17-8-16(14-27)9-21(10-17)29(31)32;1-22-17-10-14-11(9-16(17)20)6-7-13-8-12-4-2-3-5-15(12)19(13)18(14)21;9-4-6-1-7(5-11)3-8(2-6)10(12)13/h2-5,8-10,12-13,20H,6-7,11,14-15H2,1H3;2-5,9-10,13,20H,6-8H2,1H3;1-3,11H,4-5H2/t20-;13-;/m11./s1. The molecule has 4 aliphatic heterocycles. The van der Waals surface area contributed by atoms with Gasteiger partial charge in [0.1, 0.15) is 6.61 Å². The van der Waals surface area contributed by atoms with Crippen LogP contribution in [-0.4, -0.2) is 58.2 Å². The number of halogens is 2. The Balaban J connectivity index is 0.000000156. The van der Waals surface area contributed by atoms with Crippen LogP contribution in [0.15, 0.2) is 109 Å². The number of amides is 2. The molecular formula is C52H48Cl2N4O11. The van der Waals surface area contributed by atoms with Gasteiger partial charge in [-0.05, 0) is 119 Å². The number of rotatable bonds is 10. The van der Waals surface area contributed by atoms with Crippen molar-refractivity contribution in [1.29, 1.82) is 0 Å². The van der Waals surface area contributed by atoms with Crippen molar-refractivity contribution >= 4 is 57.8 Å². The molecule has 356 valence electrons. The van der Waals surface area contributed by atoms with E-state index in [1.807, 2.05) is 52.3 Å². The van der Waals surface area contributed by atoms with Gasteiger partial charge >= 0.3 is 0 Å². The minimum atomic E-state index is -0.505. The van der Waals surface area contributed by atoms with Gasteiger partial charge in [0.15, 0.2) is 23.0 Å². The number of nitro benzene ring substituents is 2. The molecule has 69 heavy (non-hydrogen) atoms. The highest BCUT2D eigenvalue weighted by Crippen LogP contribution is 2.42. The molecule has 2 atom stereocenters. The number of ether oxygens (including phenoxy) is 3. The lowest BCUT2D eigenvalue weighted by Gasteiger charge is -2.23. The van der Waals surface area contributed by atoms with Crippen molar-refractivity contribution in [3.05, 3.63) is 185 Å². The molecule has 4 heterocycles. The fourth-order valence-electron chi connectivity index (χ4n) is 9.49. The van der Waals surface area contributed by atoms with E-state index in [4.69, 9.17) is 42.5 Å². The van der Waals surface area contributed by atoms with Gasteiger partial charge in [0, 0.05) is 70.6 Å². The van der Waals surface area contributed by atoms with Crippen LogP contribution < -0.4 is 24.0 Å². The van der Waals surface area contributed by atoms with Gasteiger partial charge in [-0.15, -0.1) is 23.2 Å². The number of nitro groups is 2. The summed E-state index contributed by atoms with van der Waals surface area (Å²) in [5.74, 6) is 1.72. The smallest absolute Gasteiger partial charge is 0.270 e. The summed E-state index contributed by atoms with van der Waals surface area (Å²) >= 11 is 11.4. The second kappa shape index (κ2) is 21.0. The predicted octanol–water partition coefficient (Wildman–Crippen LogP) is 10.2. The summed E-state index contributed by atoms with van der Waals surface area (Å²) in [5.41, 5.74) is 9.83. The van der Waals surface area contributed by atoms with Crippen molar-refractivity contribution in [2.24, 2.45) is 0 Å². The van der Waals surface area contributed by atoms with Crippen molar-refractivity contribution in [3.63, 3.8) is 0 Å². The summed E-state index contributed by atoms with van der Waals surface area (Å²) < 4.78 is 16.7. The Morgan fingerprint density at radius 1 is 0.609 bits per heavy atom. The molecule has 0 saturated carbocycles. The van der Waals surface area contributed by atoms with E-state index in [2.05, 4.69) is 12.1 Å². The zero-order valence-corrected chi connectivity index (χ0v) is 39.2. The van der Waals surface area contributed by atoms with Gasteiger partial charge in [0.2, 0.25) is 0 Å². The Bertz CT molecular complexity index is 2940. The summed E-state index contributed by atoms with van der Waals surface area (Å²) in [7, 11) is 3.03. The monoisotopic (exact) mass is 974 g/mol. The molecule has 2 N–H and O–H groups in total. The van der Waals surface area contributed by atoms with E-state index >= 15 is 0 Å². The van der Waals surface area contributed by atoms with Crippen molar-refractivity contribution < 1.29 is 43.9 Å². The summed E-state index contributed by atoms with van der Waals surface area (Å²) in [6, 6.07) is 32.5. The third-order valence-corrected chi connectivity index (χ3v) is 13.3. The van der Waals surface area contributed by atoms with Crippen LogP contribution in [0, 0.1) is 20.2 Å². The molecule has 15 nitrogen and oxygen atoms in total. The third kappa shape index (κ3) is 10.2. The maximum absolute atomic E-state index is 13.6. The fourth-order valence-corrected chi connectivity index (χ4v) is 9.79. The second-order valence-electron chi connectivity index (χ2n) is 17.0. The highest BCUT2D eigenvalue weighted by Gasteiger charge is 2.39. The summed E-state index contributed by atoms with van der Waals surface area (Å²) in [6.07, 6.45) is 5.03. The van der Waals surface area contributed by atoms with E-state index in [1.165, 1.54) is 49.6 Å². The normalized spacial score (nSPS) is 16.1. The number of non-ortho nitro benzene ring substituents is 2. The highest BCUT2D eigenvalue weighted by atomic mass is 35.5. The molecule has 10 rings (SSSR count). The number of benzene rings is 6. The van der Waals surface area contributed by atoms with E-state index in [0.717, 1.165) is 61.0 Å². The molecule has 17 heteroatoms. The van der Waals surface area contributed by atoms with Crippen molar-refractivity contribution in [3.8, 4) is 23.0 Å². The number of hydrogen-bond donors (Lipinski definition) is 2. The van der Waals surface area contributed by atoms with E-state index in [0.29, 0.717) is 50.6 Å². The highest BCUT2D eigenvalue weighted by molar-refractivity contribution is 6.17. The Hall–Kier alpha value is -7.20. The first-order valence-corrected chi connectivity index (χ1v) is 23.2. The first-order chi connectivity index (χ1) is 33.3. The maximum Gasteiger partial charge on any atom is 0.270 e. The average molecular weight is 976 g/mol. The molecule has 0 bridgehead atoms. The lowest BCUT2D eigenvalue weighted by atomic mass is 9.99. The molecule has 0 spiro atoms. The summed E-state index contributed by atoms with van der Waals surface area (Å²) in [6.45, 7) is -0.109. The lowest BCUT2D eigenvalue weighted by molar-refractivity contribution is -0.385. The first kappa shape index (κ1) is 48.3. The summed E-state index contributed by atoms with van der Waals surface area (Å²) in [4.78, 5) is 51.2. The molecule has 6 aromatic carbocycles. The van der Waals surface area contributed by atoms with Gasteiger partial charge in [0.25, 0.3) is 23.2 Å². The van der Waals surface area contributed by atoms with E-state index in [-0.39, 0.29) is 66.0 Å². The number of aryl methyl sites for hydroxylation is 2. The van der Waals surface area contributed by atoms with Gasteiger partial charge in [-0.2, -0.15) is 0 Å². The topological polar surface area (TPSA) is 195 Å². The van der Waals surface area contributed by atoms with Crippen LogP contribution in [-0.2, 0) is 50.7 Å². The zero-order valence-electron chi connectivity index (χ0n) is 37.7. The van der Waals surface area contributed by atoms with Gasteiger partial charge in [0.05, 0.1) is 30.7 Å². The average Bonchev–Trinajstić information content (AvgIpc) is 3.86. The predicted molar refractivity (Wildman–Crippen MR) is 261 cm³/mol. The number of aromatic hydroxyl groups is 1. The minimum Gasteiger partial charge on any atom is -0.504 e. The largest absolute Gasteiger partial charge is 0.504 e. The van der Waals surface area contributed by atoms with Crippen LogP contribution in [0.2, 0.25) is 0 Å². The number of carbonyl (C=O) groups is 2. The van der Waals surface area contributed by atoms with Crippen LogP contribution in [0.4, 0.5) is 22.7 Å². The molecule has 6 aromatic rings. The van der Waals surface area contributed by atoms with Crippen molar-refractivity contribution in [2.75, 3.05) is 24.0 Å². The Labute approximate surface area is 407 Å². The number of carbonyl (C=O) groups excluding carboxylic acids is 2. The quantitative estimate of drug-likeness (QED) is 0.0753. The van der Waals surface area contributed by atoms with E-state index < -0.39 is 9.85 Å². The van der Waals surface area contributed by atoms with Crippen molar-refractivity contribution in [1.82, 2.24) is 0 Å². The van der Waals surface area contributed by atoms with Gasteiger partial charge < -0.3 is 34.2 Å². The lowest BCUT2D eigenvalue weighted by Crippen LogP contribution is -2.36. The molecule has 0 aromatic heterocycles.